The molecule has 1 aromatic carbocycles. The van der Waals surface area contributed by atoms with Crippen molar-refractivity contribution in [2.24, 2.45) is 0 Å². The Morgan fingerprint density at radius 2 is 1.85 bits per heavy atom. The van der Waals surface area contributed by atoms with Crippen LogP contribution in [0, 0.1) is 0 Å². The Bertz CT molecular complexity index is 329. The Balaban J connectivity index is 3.28. The van der Waals surface area contributed by atoms with Gasteiger partial charge in [-0.15, -0.1) is 0 Å². The summed E-state index contributed by atoms with van der Waals surface area (Å²) in [5, 5.41) is 9.90. The van der Waals surface area contributed by atoms with Crippen molar-refractivity contribution in [1.82, 2.24) is 0 Å². The second kappa shape index (κ2) is 4.31. The molecule has 13 heavy (non-hydrogen) atoms. The van der Waals surface area contributed by atoms with Gasteiger partial charge in [-0.2, -0.15) is 0 Å². The van der Waals surface area contributed by atoms with Crippen LogP contribution in [0.25, 0.3) is 0 Å². The van der Waals surface area contributed by atoms with Gasteiger partial charge in [0.1, 0.15) is 0 Å². The molecule has 0 bridgehead atoms. The van der Waals surface area contributed by atoms with E-state index >= 15 is 0 Å². The van der Waals surface area contributed by atoms with E-state index in [4.69, 9.17) is 28.3 Å². The molecule has 0 saturated heterocycles. The van der Waals surface area contributed by atoms with Crippen LogP contribution in [0.3, 0.4) is 0 Å². The molecule has 1 N–H and O–H groups in total. The topological polar surface area (TPSA) is 37.3 Å². The first-order valence-corrected chi connectivity index (χ1v) is 5.21. The lowest BCUT2D eigenvalue weighted by Gasteiger charge is -2.04. The van der Waals surface area contributed by atoms with E-state index in [1.54, 1.807) is 0 Å². The van der Waals surface area contributed by atoms with Gasteiger partial charge in [0.25, 0.3) is 0 Å². The Morgan fingerprint density at radius 3 is 2.15 bits per heavy atom. The molecule has 0 aliphatic rings. The molecule has 0 fully saturated rings. The molecular formula is C8H5BrCl2O2. The Labute approximate surface area is 93.6 Å². The third-order valence-corrected chi connectivity index (χ3v) is 2.76. The summed E-state index contributed by atoms with van der Waals surface area (Å²) < 4.78 is 0. The van der Waals surface area contributed by atoms with E-state index in [-0.39, 0.29) is 5.56 Å². The van der Waals surface area contributed by atoms with Gasteiger partial charge in [-0.3, -0.25) is 0 Å². The molecule has 0 aromatic heterocycles. The largest absolute Gasteiger partial charge is 0.478 e. The van der Waals surface area contributed by atoms with Crippen LogP contribution >= 0.6 is 39.1 Å². The number of rotatable bonds is 2. The highest BCUT2D eigenvalue weighted by Gasteiger charge is 2.10. The van der Waals surface area contributed by atoms with Crippen molar-refractivity contribution < 1.29 is 9.90 Å². The van der Waals surface area contributed by atoms with Crippen molar-refractivity contribution in [2.45, 2.75) is 5.33 Å². The number of carbonyl (C=O) groups is 1. The van der Waals surface area contributed by atoms with E-state index in [2.05, 4.69) is 15.9 Å². The molecule has 0 amide bonds. The lowest BCUT2D eigenvalue weighted by atomic mass is 10.1. The summed E-state index contributed by atoms with van der Waals surface area (Å²) in [6.45, 7) is 0. The minimum Gasteiger partial charge on any atom is -0.478 e. The standard InChI is InChI=1S/C8H5BrCl2O2/c9-3-5-6(10)1-4(8(12)13)2-7(5)11/h1-2H,3H2,(H,12,13). The number of benzene rings is 1. The number of carboxylic acid groups (broad SMARTS) is 1. The third kappa shape index (κ3) is 2.36. The number of hydrogen-bond donors (Lipinski definition) is 1. The zero-order valence-electron chi connectivity index (χ0n) is 6.35. The van der Waals surface area contributed by atoms with Gasteiger partial charge in [-0.05, 0) is 17.7 Å². The number of hydrogen-bond acceptors (Lipinski definition) is 1. The summed E-state index contributed by atoms with van der Waals surface area (Å²) in [4.78, 5) is 10.6. The van der Waals surface area contributed by atoms with Crippen molar-refractivity contribution in [3.8, 4) is 0 Å². The van der Waals surface area contributed by atoms with Crippen LogP contribution in [0.1, 0.15) is 15.9 Å². The molecule has 1 rings (SSSR count). The maximum absolute atomic E-state index is 10.6. The summed E-state index contributed by atoms with van der Waals surface area (Å²) in [5.74, 6) is -1.04. The van der Waals surface area contributed by atoms with Gasteiger partial charge in [0.05, 0.1) is 5.56 Å². The van der Waals surface area contributed by atoms with Gasteiger partial charge >= 0.3 is 5.97 Å². The molecule has 5 heteroatoms. The van der Waals surface area contributed by atoms with E-state index in [0.717, 1.165) is 0 Å². The van der Waals surface area contributed by atoms with Crippen LogP contribution < -0.4 is 0 Å². The van der Waals surface area contributed by atoms with Crippen LogP contribution in [0.2, 0.25) is 10.0 Å². The first kappa shape index (κ1) is 10.8. The van der Waals surface area contributed by atoms with E-state index in [1.807, 2.05) is 0 Å². The fraction of sp³-hybridized carbons (Fsp3) is 0.125. The third-order valence-electron chi connectivity index (χ3n) is 1.52. The van der Waals surface area contributed by atoms with Crippen LogP contribution in [-0.4, -0.2) is 11.1 Å². The molecule has 0 aliphatic carbocycles. The van der Waals surface area contributed by atoms with E-state index < -0.39 is 5.97 Å². The number of alkyl halides is 1. The molecular weight excluding hydrogens is 279 g/mol. The number of carboxylic acids is 1. The second-order valence-corrected chi connectivity index (χ2v) is 3.73. The summed E-state index contributed by atoms with van der Waals surface area (Å²) in [5.41, 5.74) is 0.799. The zero-order chi connectivity index (χ0) is 10.0. The van der Waals surface area contributed by atoms with Gasteiger partial charge < -0.3 is 5.11 Å². The van der Waals surface area contributed by atoms with Crippen LogP contribution in [0.15, 0.2) is 12.1 Å². The average Bonchev–Trinajstić information content (AvgIpc) is 2.03. The van der Waals surface area contributed by atoms with Crippen LogP contribution in [0.5, 0.6) is 0 Å². The summed E-state index contributed by atoms with van der Waals surface area (Å²) in [6, 6.07) is 2.76. The van der Waals surface area contributed by atoms with E-state index in [9.17, 15) is 4.79 Å². The van der Waals surface area contributed by atoms with Crippen molar-refractivity contribution >= 4 is 45.1 Å². The molecule has 0 heterocycles. The lowest BCUT2D eigenvalue weighted by molar-refractivity contribution is 0.0697. The molecule has 0 saturated carbocycles. The fourth-order valence-electron chi connectivity index (χ4n) is 0.854. The van der Waals surface area contributed by atoms with Gasteiger partial charge in [0, 0.05) is 15.4 Å². The van der Waals surface area contributed by atoms with Crippen LogP contribution in [0.4, 0.5) is 0 Å². The SMILES string of the molecule is O=C(O)c1cc(Cl)c(CBr)c(Cl)c1. The van der Waals surface area contributed by atoms with Crippen molar-refractivity contribution in [2.75, 3.05) is 0 Å². The highest BCUT2D eigenvalue weighted by molar-refractivity contribution is 9.08. The van der Waals surface area contributed by atoms with Crippen molar-refractivity contribution in [1.29, 1.82) is 0 Å². The average molecular weight is 284 g/mol. The molecule has 0 spiro atoms. The Kier molecular flexibility index (Phi) is 3.59. The zero-order valence-corrected chi connectivity index (χ0v) is 9.45. The minimum atomic E-state index is -1.04. The lowest BCUT2D eigenvalue weighted by Crippen LogP contribution is -1.97. The Hall–Kier alpha value is -0.250. The van der Waals surface area contributed by atoms with Crippen molar-refractivity contribution in [3.05, 3.63) is 33.3 Å². The molecule has 0 radical (unpaired) electrons. The molecule has 0 unspecified atom stereocenters. The second-order valence-electron chi connectivity index (χ2n) is 2.36. The van der Waals surface area contributed by atoms with E-state index in [0.29, 0.717) is 20.9 Å². The first-order valence-electron chi connectivity index (χ1n) is 3.33. The molecule has 70 valence electrons. The van der Waals surface area contributed by atoms with Crippen molar-refractivity contribution in [3.63, 3.8) is 0 Å². The van der Waals surface area contributed by atoms with E-state index in [1.165, 1.54) is 12.1 Å². The highest BCUT2D eigenvalue weighted by Crippen LogP contribution is 2.28. The molecule has 0 atom stereocenters. The molecule has 0 aliphatic heterocycles. The van der Waals surface area contributed by atoms with Gasteiger partial charge in [-0.1, -0.05) is 39.1 Å². The predicted octanol–water partition coefficient (Wildman–Crippen LogP) is 3.59. The van der Waals surface area contributed by atoms with Crippen LogP contribution in [-0.2, 0) is 5.33 Å². The van der Waals surface area contributed by atoms with Gasteiger partial charge in [0.2, 0.25) is 0 Å². The fourth-order valence-corrected chi connectivity index (χ4v) is 2.40. The summed E-state index contributed by atoms with van der Waals surface area (Å²) >= 11 is 14.8. The smallest absolute Gasteiger partial charge is 0.335 e. The predicted molar refractivity (Wildman–Crippen MR) is 56.1 cm³/mol. The minimum absolute atomic E-state index is 0.0969. The Morgan fingerprint density at radius 1 is 1.38 bits per heavy atom. The monoisotopic (exact) mass is 282 g/mol. The maximum atomic E-state index is 10.6. The van der Waals surface area contributed by atoms with Gasteiger partial charge in [-0.25, -0.2) is 4.79 Å². The summed E-state index contributed by atoms with van der Waals surface area (Å²) in [7, 11) is 0. The number of halogens is 3. The maximum Gasteiger partial charge on any atom is 0.335 e. The molecule has 2 nitrogen and oxygen atoms in total. The quantitative estimate of drug-likeness (QED) is 0.843. The normalized spacial score (nSPS) is 10.1. The molecule has 1 aromatic rings. The van der Waals surface area contributed by atoms with Gasteiger partial charge in [0.15, 0.2) is 0 Å². The number of aromatic carboxylic acids is 1. The first-order chi connectivity index (χ1) is 6.06. The summed E-state index contributed by atoms with van der Waals surface area (Å²) in [6.07, 6.45) is 0. The highest BCUT2D eigenvalue weighted by atomic mass is 79.9.